The van der Waals surface area contributed by atoms with E-state index in [1.54, 1.807) is 29.4 Å². The van der Waals surface area contributed by atoms with Gasteiger partial charge < -0.3 is 30.9 Å². The van der Waals surface area contributed by atoms with Gasteiger partial charge in [-0.05, 0) is 30.2 Å². The molecule has 0 bridgehead atoms. The van der Waals surface area contributed by atoms with E-state index in [0.717, 1.165) is 16.6 Å². The molecular weight excluding hydrogens is 432 g/mol. The predicted octanol–water partition coefficient (Wildman–Crippen LogP) is 1.37. The van der Waals surface area contributed by atoms with Crippen LogP contribution in [0.1, 0.15) is 5.56 Å². The maximum absolute atomic E-state index is 12.9. The Morgan fingerprint density at radius 1 is 1.19 bits per heavy atom. The summed E-state index contributed by atoms with van der Waals surface area (Å²) < 4.78 is 0. The van der Waals surface area contributed by atoms with E-state index in [0.29, 0.717) is 49.0 Å². The van der Waals surface area contributed by atoms with Gasteiger partial charge in [0, 0.05) is 43.6 Å². The third-order valence-corrected chi connectivity index (χ3v) is 5.84. The van der Waals surface area contributed by atoms with E-state index < -0.39 is 18.6 Å². The number of piperazine rings is 1. The summed E-state index contributed by atoms with van der Waals surface area (Å²) in [4.78, 5) is 35.8. The first-order chi connectivity index (χ1) is 15.5. The topological polar surface area (TPSA) is 128 Å². The molecule has 3 heterocycles. The molecule has 0 aliphatic carbocycles. The van der Waals surface area contributed by atoms with Crippen molar-refractivity contribution < 1.29 is 14.7 Å². The number of H-pyrrole nitrogens is 1. The highest BCUT2D eigenvalue weighted by Crippen LogP contribution is 2.32. The Bertz CT molecular complexity index is 1110. The highest BCUT2D eigenvalue weighted by molar-refractivity contribution is 6.30. The second kappa shape index (κ2) is 9.56. The third-order valence-electron chi connectivity index (χ3n) is 5.59. The number of carbonyl (C=O) groups is 2. The second-order valence-corrected chi connectivity index (χ2v) is 8.15. The number of nitrogens with one attached hydrogen (secondary N) is 2. The molecule has 2 aromatic heterocycles. The number of amides is 2. The smallest absolute Gasteiger partial charge is 0.250 e. The van der Waals surface area contributed by atoms with Crippen LogP contribution in [0.2, 0.25) is 5.02 Å². The summed E-state index contributed by atoms with van der Waals surface area (Å²) in [5.41, 5.74) is 9.27. The van der Waals surface area contributed by atoms with Crippen molar-refractivity contribution in [3.05, 3.63) is 53.3 Å². The number of pyridine rings is 1. The number of anilines is 2. The Kier molecular flexibility index (Phi) is 6.59. The first kappa shape index (κ1) is 22.1. The SMILES string of the molecule is NC(Cc1ccc(Cl)cc1)C(=O)N1CCN(c2ccnc3[nH]cc(NC(=O)CO)c23)CC1. The Morgan fingerprint density at radius 2 is 1.91 bits per heavy atom. The first-order valence-corrected chi connectivity index (χ1v) is 10.7. The maximum atomic E-state index is 12.9. The fraction of sp³-hybridized carbons (Fsp3) is 0.318. The fourth-order valence-corrected chi connectivity index (χ4v) is 4.08. The number of aromatic amines is 1. The Labute approximate surface area is 190 Å². The van der Waals surface area contributed by atoms with Crippen LogP contribution in [0.4, 0.5) is 11.4 Å². The van der Waals surface area contributed by atoms with E-state index >= 15 is 0 Å². The van der Waals surface area contributed by atoms with Crippen molar-refractivity contribution >= 4 is 45.8 Å². The molecule has 1 aromatic carbocycles. The number of aliphatic hydroxyl groups is 1. The third kappa shape index (κ3) is 4.69. The number of rotatable bonds is 6. The zero-order valence-electron chi connectivity index (χ0n) is 17.4. The summed E-state index contributed by atoms with van der Waals surface area (Å²) in [6.07, 6.45) is 3.81. The average molecular weight is 457 g/mol. The van der Waals surface area contributed by atoms with Crippen molar-refractivity contribution in [3.8, 4) is 0 Å². The molecule has 1 aliphatic rings. The summed E-state index contributed by atoms with van der Waals surface area (Å²) in [6.45, 7) is 1.73. The number of aliphatic hydroxyl groups excluding tert-OH is 1. The molecular formula is C22H25ClN6O3. The lowest BCUT2D eigenvalue weighted by Gasteiger charge is -2.37. The Morgan fingerprint density at radius 3 is 2.59 bits per heavy atom. The quantitative estimate of drug-likeness (QED) is 0.443. The molecule has 5 N–H and O–H groups in total. The van der Waals surface area contributed by atoms with Gasteiger partial charge in [-0.1, -0.05) is 23.7 Å². The van der Waals surface area contributed by atoms with Gasteiger partial charge in [-0.25, -0.2) is 4.98 Å². The van der Waals surface area contributed by atoms with Gasteiger partial charge in [-0.15, -0.1) is 0 Å². The zero-order chi connectivity index (χ0) is 22.7. The molecule has 1 aliphatic heterocycles. The molecule has 32 heavy (non-hydrogen) atoms. The number of fused-ring (bicyclic) bond motifs is 1. The molecule has 0 spiro atoms. The minimum Gasteiger partial charge on any atom is -0.387 e. The molecule has 0 radical (unpaired) electrons. The van der Waals surface area contributed by atoms with Gasteiger partial charge in [-0.2, -0.15) is 0 Å². The van der Waals surface area contributed by atoms with E-state index in [1.165, 1.54) is 0 Å². The molecule has 1 fully saturated rings. The molecule has 1 unspecified atom stereocenters. The van der Waals surface area contributed by atoms with Gasteiger partial charge in [0.2, 0.25) is 11.8 Å². The van der Waals surface area contributed by atoms with Crippen molar-refractivity contribution in [2.75, 3.05) is 43.0 Å². The monoisotopic (exact) mass is 456 g/mol. The number of nitrogens with zero attached hydrogens (tertiary/aromatic N) is 3. The van der Waals surface area contributed by atoms with Crippen LogP contribution in [-0.2, 0) is 16.0 Å². The first-order valence-electron chi connectivity index (χ1n) is 10.4. The number of carbonyl (C=O) groups excluding carboxylic acids is 2. The van der Waals surface area contributed by atoms with E-state index in [1.807, 2.05) is 18.2 Å². The van der Waals surface area contributed by atoms with Gasteiger partial charge in [0.15, 0.2) is 0 Å². The second-order valence-electron chi connectivity index (χ2n) is 7.71. The van der Waals surface area contributed by atoms with Crippen molar-refractivity contribution in [1.29, 1.82) is 0 Å². The van der Waals surface area contributed by atoms with Crippen molar-refractivity contribution in [3.63, 3.8) is 0 Å². The standard InChI is InChI=1S/C22H25ClN6O3/c23-15-3-1-14(2-4-15)11-16(24)22(32)29-9-7-28(8-10-29)18-5-6-25-21-20(18)17(12-26-21)27-19(31)13-30/h1-6,12,16,30H,7-11,13,24H2,(H,25,26)(H,27,31). The molecule has 9 nitrogen and oxygen atoms in total. The summed E-state index contributed by atoms with van der Waals surface area (Å²) in [6, 6.07) is 8.62. The van der Waals surface area contributed by atoms with Gasteiger partial charge in [0.25, 0.3) is 0 Å². The van der Waals surface area contributed by atoms with Gasteiger partial charge in [-0.3, -0.25) is 9.59 Å². The van der Waals surface area contributed by atoms with E-state index in [9.17, 15) is 9.59 Å². The van der Waals surface area contributed by atoms with Crippen LogP contribution in [-0.4, -0.2) is 70.6 Å². The molecule has 1 saturated heterocycles. The summed E-state index contributed by atoms with van der Waals surface area (Å²) in [5, 5.41) is 13.2. The van der Waals surface area contributed by atoms with Crippen LogP contribution < -0.4 is 16.0 Å². The predicted molar refractivity (Wildman–Crippen MR) is 124 cm³/mol. The van der Waals surface area contributed by atoms with E-state index in [4.69, 9.17) is 22.4 Å². The number of hydrogen-bond donors (Lipinski definition) is 4. The minimum absolute atomic E-state index is 0.0722. The number of benzene rings is 1. The zero-order valence-corrected chi connectivity index (χ0v) is 18.2. The highest BCUT2D eigenvalue weighted by atomic mass is 35.5. The largest absolute Gasteiger partial charge is 0.387 e. The van der Waals surface area contributed by atoms with Crippen molar-refractivity contribution in [1.82, 2.24) is 14.9 Å². The Balaban J connectivity index is 1.42. The molecule has 1 atom stereocenters. The van der Waals surface area contributed by atoms with Gasteiger partial charge >= 0.3 is 0 Å². The van der Waals surface area contributed by atoms with Crippen molar-refractivity contribution in [2.45, 2.75) is 12.5 Å². The van der Waals surface area contributed by atoms with Gasteiger partial charge in [0.05, 0.1) is 22.8 Å². The molecule has 0 saturated carbocycles. The molecule has 4 rings (SSSR count). The normalized spacial score (nSPS) is 15.1. The number of nitrogens with two attached hydrogens (primary N) is 1. The van der Waals surface area contributed by atoms with Crippen LogP contribution in [0.5, 0.6) is 0 Å². The average Bonchev–Trinajstić information content (AvgIpc) is 3.23. The van der Waals surface area contributed by atoms with Gasteiger partial charge in [0.1, 0.15) is 12.3 Å². The molecule has 2 amide bonds. The van der Waals surface area contributed by atoms with Crippen LogP contribution in [0, 0.1) is 0 Å². The Hall–Kier alpha value is -3.14. The maximum Gasteiger partial charge on any atom is 0.250 e. The number of hydrogen-bond acceptors (Lipinski definition) is 6. The number of aromatic nitrogens is 2. The highest BCUT2D eigenvalue weighted by Gasteiger charge is 2.27. The lowest BCUT2D eigenvalue weighted by molar-refractivity contribution is -0.132. The van der Waals surface area contributed by atoms with Crippen LogP contribution in [0.25, 0.3) is 11.0 Å². The summed E-state index contributed by atoms with van der Waals surface area (Å²) in [7, 11) is 0. The van der Waals surface area contributed by atoms with Crippen LogP contribution in [0.15, 0.2) is 42.7 Å². The lowest BCUT2D eigenvalue weighted by atomic mass is 10.1. The van der Waals surface area contributed by atoms with E-state index in [-0.39, 0.29) is 5.91 Å². The van der Waals surface area contributed by atoms with E-state index in [2.05, 4.69) is 20.2 Å². The van der Waals surface area contributed by atoms with Crippen molar-refractivity contribution in [2.24, 2.45) is 5.73 Å². The molecule has 168 valence electrons. The molecule has 3 aromatic rings. The van der Waals surface area contributed by atoms with Crippen LogP contribution in [0.3, 0.4) is 0 Å². The lowest BCUT2D eigenvalue weighted by Crippen LogP contribution is -2.53. The molecule has 10 heteroatoms. The summed E-state index contributed by atoms with van der Waals surface area (Å²) >= 11 is 5.92. The number of halogens is 1. The summed E-state index contributed by atoms with van der Waals surface area (Å²) in [5.74, 6) is -0.567. The van der Waals surface area contributed by atoms with Crippen LogP contribution >= 0.6 is 11.6 Å². The minimum atomic E-state index is -0.611. The fourth-order valence-electron chi connectivity index (χ4n) is 3.96.